The van der Waals surface area contributed by atoms with E-state index in [0.29, 0.717) is 6.54 Å². The summed E-state index contributed by atoms with van der Waals surface area (Å²) in [6.45, 7) is 2.92. The molecule has 1 aromatic heterocycles. The standard InChI is InChI=1S/C22H25ClN2O2/c1-2-3-4-5-6-16-7-8-17(19(23)13-16)11-12-25-15-24-20-10-9-18(22(26)27)14-21(20)25/h7-10,13-15H,2-6,11-12H2,1H3,(H,26,27). The van der Waals surface area contributed by atoms with Gasteiger partial charge >= 0.3 is 5.97 Å². The van der Waals surface area contributed by atoms with Crippen LogP contribution in [0.25, 0.3) is 11.0 Å². The molecule has 0 aliphatic rings. The SMILES string of the molecule is CCCCCCc1ccc(CCn2cnc3ccc(C(=O)O)cc32)c(Cl)c1. The summed E-state index contributed by atoms with van der Waals surface area (Å²) in [4.78, 5) is 15.6. The maximum absolute atomic E-state index is 11.2. The van der Waals surface area contributed by atoms with Crippen LogP contribution in [0.4, 0.5) is 0 Å². The Kier molecular flexibility index (Phi) is 6.51. The van der Waals surface area contributed by atoms with Crippen molar-refractivity contribution >= 4 is 28.6 Å². The molecule has 0 radical (unpaired) electrons. The highest BCUT2D eigenvalue weighted by Crippen LogP contribution is 2.22. The first kappa shape index (κ1) is 19.4. The molecule has 0 fully saturated rings. The number of carbonyl (C=O) groups is 1. The molecule has 0 amide bonds. The summed E-state index contributed by atoms with van der Waals surface area (Å²) in [5.74, 6) is -0.929. The quantitative estimate of drug-likeness (QED) is 0.477. The van der Waals surface area contributed by atoms with E-state index >= 15 is 0 Å². The molecule has 1 N–H and O–H groups in total. The number of carboxylic acids is 1. The molecule has 0 aliphatic carbocycles. The maximum atomic E-state index is 11.2. The van der Waals surface area contributed by atoms with Gasteiger partial charge in [-0.15, -0.1) is 0 Å². The number of fused-ring (bicyclic) bond motifs is 1. The van der Waals surface area contributed by atoms with E-state index in [0.717, 1.165) is 34.5 Å². The third-order valence-corrected chi connectivity index (χ3v) is 5.28. The largest absolute Gasteiger partial charge is 0.478 e. The van der Waals surface area contributed by atoms with Crippen LogP contribution in [0.3, 0.4) is 0 Å². The average Bonchev–Trinajstić information content (AvgIpc) is 3.07. The molecular formula is C22H25ClN2O2. The highest BCUT2D eigenvalue weighted by Gasteiger charge is 2.09. The number of aromatic carboxylic acids is 1. The smallest absolute Gasteiger partial charge is 0.335 e. The van der Waals surface area contributed by atoms with E-state index in [1.54, 1.807) is 24.5 Å². The first-order valence-corrected chi connectivity index (χ1v) is 9.91. The van der Waals surface area contributed by atoms with Crippen molar-refractivity contribution in [2.24, 2.45) is 0 Å². The zero-order valence-corrected chi connectivity index (χ0v) is 16.4. The molecule has 0 saturated carbocycles. The molecular weight excluding hydrogens is 360 g/mol. The number of imidazole rings is 1. The van der Waals surface area contributed by atoms with Crippen molar-refractivity contribution in [2.75, 3.05) is 0 Å². The minimum Gasteiger partial charge on any atom is -0.478 e. The summed E-state index contributed by atoms with van der Waals surface area (Å²) < 4.78 is 1.98. The monoisotopic (exact) mass is 384 g/mol. The van der Waals surface area contributed by atoms with Crippen molar-refractivity contribution in [1.82, 2.24) is 9.55 Å². The first-order chi connectivity index (χ1) is 13.1. The number of hydrogen-bond acceptors (Lipinski definition) is 2. The van der Waals surface area contributed by atoms with Gasteiger partial charge in [-0.3, -0.25) is 0 Å². The van der Waals surface area contributed by atoms with Gasteiger partial charge in [0.05, 0.1) is 22.9 Å². The second-order valence-corrected chi connectivity index (χ2v) is 7.34. The zero-order valence-electron chi connectivity index (χ0n) is 15.6. The molecule has 5 heteroatoms. The molecule has 0 bridgehead atoms. The zero-order chi connectivity index (χ0) is 19.2. The molecule has 2 aromatic carbocycles. The van der Waals surface area contributed by atoms with Crippen LogP contribution in [0.1, 0.15) is 54.1 Å². The van der Waals surface area contributed by atoms with Crippen LogP contribution in [0.5, 0.6) is 0 Å². The van der Waals surface area contributed by atoms with Gasteiger partial charge in [0, 0.05) is 11.6 Å². The lowest BCUT2D eigenvalue weighted by Gasteiger charge is -2.09. The number of benzene rings is 2. The van der Waals surface area contributed by atoms with Gasteiger partial charge in [0.2, 0.25) is 0 Å². The summed E-state index contributed by atoms with van der Waals surface area (Å²) in [5, 5.41) is 9.99. The Labute approximate surface area is 164 Å². The summed E-state index contributed by atoms with van der Waals surface area (Å²) in [6, 6.07) is 11.4. The topological polar surface area (TPSA) is 55.1 Å². The van der Waals surface area contributed by atoms with E-state index in [4.69, 9.17) is 11.6 Å². The summed E-state index contributed by atoms with van der Waals surface area (Å²) >= 11 is 6.49. The van der Waals surface area contributed by atoms with E-state index in [1.165, 1.54) is 31.2 Å². The Bertz CT molecular complexity index is 933. The first-order valence-electron chi connectivity index (χ1n) is 9.54. The van der Waals surface area contributed by atoms with Gasteiger partial charge < -0.3 is 9.67 Å². The van der Waals surface area contributed by atoms with Crippen LogP contribution < -0.4 is 0 Å². The van der Waals surface area contributed by atoms with Crippen LogP contribution in [0.15, 0.2) is 42.7 Å². The third-order valence-electron chi connectivity index (χ3n) is 4.93. The van der Waals surface area contributed by atoms with Crippen molar-refractivity contribution in [2.45, 2.75) is 52.0 Å². The third kappa shape index (κ3) is 4.89. The molecule has 142 valence electrons. The normalized spacial score (nSPS) is 11.2. The molecule has 3 aromatic rings. The molecule has 1 heterocycles. The van der Waals surface area contributed by atoms with Gasteiger partial charge in [0.1, 0.15) is 0 Å². The van der Waals surface area contributed by atoms with Crippen LogP contribution in [0, 0.1) is 0 Å². The van der Waals surface area contributed by atoms with E-state index in [1.807, 2.05) is 4.57 Å². The van der Waals surface area contributed by atoms with Crippen molar-refractivity contribution in [1.29, 1.82) is 0 Å². The molecule has 0 unspecified atom stereocenters. The van der Waals surface area contributed by atoms with Gasteiger partial charge in [-0.25, -0.2) is 9.78 Å². The Morgan fingerprint density at radius 3 is 2.70 bits per heavy atom. The molecule has 27 heavy (non-hydrogen) atoms. The second kappa shape index (κ2) is 9.05. The lowest BCUT2D eigenvalue weighted by atomic mass is 10.0. The predicted octanol–water partition coefficient (Wildman–Crippen LogP) is 5.75. The number of hydrogen-bond donors (Lipinski definition) is 1. The lowest BCUT2D eigenvalue weighted by Crippen LogP contribution is -2.02. The predicted molar refractivity (Wildman–Crippen MR) is 110 cm³/mol. The van der Waals surface area contributed by atoms with Crippen molar-refractivity contribution in [3.8, 4) is 0 Å². The average molecular weight is 385 g/mol. The minimum absolute atomic E-state index is 0.273. The van der Waals surface area contributed by atoms with E-state index in [2.05, 4.69) is 30.1 Å². The number of halogens is 1. The lowest BCUT2D eigenvalue weighted by molar-refractivity contribution is 0.0697. The van der Waals surface area contributed by atoms with Crippen LogP contribution in [-0.2, 0) is 19.4 Å². The number of nitrogens with zero attached hydrogens (tertiary/aromatic N) is 2. The van der Waals surface area contributed by atoms with Gasteiger partial charge in [0.15, 0.2) is 0 Å². The summed E-state index contributed by atoms with van der Waals surface area (Å²) in [5.41, 5.74) is 4.30. The fourth-order valence-corrected chi connectivity index (χ4v) is 3.61. The van der Waals surface area contributed by atoms with Crippen LogP contribution >= 0.6 is 11.6 Å². The van der Waals surface area contributed by atoms with Crippen molar-refractivity contribution < 1.29 is 9.90 Å². The number of aromatic nitrogens is 2. The Hall–Kier alpha value is -2.33. The Morgan fingerprint density at radius 2 is 1.96 bits per heavy atom. The van der Waals surface area contributed by atoms with Gasteiger partial charge in [-0.2, -0.15) is 0 Å². The molecule has 0 atom stereocenters. The van der Waals surface area contributed by atoms with Gasteiger partial charge in [0.25, 0.3) is 0 Å². The van der Waals surface area contributed by atoms with E-state index in [9.17, 15) is 9.90 Å². The van der Waals surface area contributed by atoms with Gasteiger partial charge in [-0.05, 0) is 54.7 Å². The van der Waals surface area contributed by atoms with E-state index < -0.39 is 5.97 Å². The number of rotatable bonds is 9. The molecule has 0 saturated heterocycles. The van der Waals surface area contributed by atoms with E-state index in [-0.39, 0.29) is 5.56 Å². The summed E-state index contributed by atoms with van der Waals surface area (Å²) in [7, 11) is 0. The molecule has 0 spiro atoms. The van der Waals surface area contributed by atoms with Crippen molar-refractivity contribution in [3.63, 3.8) is 0 Å². The van der Waals surface area contributed by atoms with Gasteiger partial charge in [-0.1, -0.05) is 49.9 Å². The highest BCUT2D eigenvalue weighted by molar-refractivity contribution is 6.31. The summed E-state index contributed by atoms with van der Waals surface area (Å²) in [6.07, 6.45) is 8.61. The second-order valence-electron chi connectivity index (χ2n) is 6.93. The Balaban J connectivity index is 1.67. The van der Waals surface area contributed by atoms with Crippen LogP contribution in [0.2, 0.25) is 5.02 Å². The van der Waals surface area contributed by atoms with Crippen molar-refractivity contribution in [3.05, 3.63) is 64.4 Å². The Morgan fingerprint density at radius 1 is 1.11 bits per heavy atom. The number of aryl methyl sites for hydroxylation is 3. The number of carboxylic acid groups (broad SMARTS) is 1. The highest BCUT2D eigenvalue weighted by atomic mass is 35.5. The number of unbranched alkanes of at least 4 members (excludes halogenated alkanes) is 3. The molecule has 4 nitrogen and oxygen atoms in total. The minimum atomic E-state index is -0.929. The van der Waals surface area contributed by atoms with Crippen LogP contribution in [-0.4, -0.2) is 20.6 Å². The fraction of sp³-hybridized carbons (Fsp3) is 0.364. The molecule has 0 aliphatic heterocycles. The molecule has 3 rings (SSSR count). The maximum Gasteiger partial charge on any atom is 0.335 e. The fourth-order valence-electron chi connectivity index (χ4n) is 3.31.